The van der Waals surface area contributed by atoms with E-state index in [9.17, 15) is 5.11 Å². The average Bonchev–Trinajstić information content (AvgIpc) is 2.19. The summed E-state index contributed by atoms with van der Waals surface area (Å²) in [4.78, 5) is 0. The van der Waals surface area contributed by atoms with E-state index in [1.165, 1.54) is 12.2 Å². The van der Waals surface area contributed by atoms with Gasteiger partial charge < -0.3 is 9.84 Å². The van der Waals surface area contributed by atoms with E-state index in [2.05, 4.69) is 74.1 Å². The predicted molar refractivity (Wildman–Crippen MR) is 110 cm³/mol. The fourth-order valence-corrected chi connectivity index (χ4v) is 4.53. The highest BCUT2D eigenvalue weighted by Crippen LogP contribution is 2.43. The summed E-state index contributed by atoms with van der Waals surface area (Å²) >= 11 is 2.06. The normalized spacial score (nSPS) is 15.0. The number of thioether (sulfide) groups is 1. The molecule has 0 aliphatic rings. The zero-order valence-corrected chi connectivity index (χ0v) is 19.1. The smallest absolute Gasteiger partial charge is 0.0631 e. The molecule has 0 aliphatic carbocycles. The molecule has 146 valence electrons. The Labute approximate surface area is 156 Å². The average molecular weight is 361 g/mol. The van der Waals surface area contributed by atoms with E-state index < -0.39 is 5.60 Å². The fourth-order valence-electron chi connectivity index (χ4n) is 3.60. The molecule has 2 nitrogen and oxygen atoms in total. The molecule has 0 heterocycles. The Morgan fingerprint density at radius 3 is 1.67 bits per heavy atom. The highest BCUT2D eigenvalue weighted by molar-refractivity contribution is 8.00. The molecule has 0 bridgehead atoms. The maximum absolute atomic E-state index is 9.84. The number of rotatable bonds is 10. The second-order valence-electron chi connectivity index (χ2n) is 11.3. The zero-order valence-electron chi connectivity index (χ0n) is 18.3. The maximum Gasteiger partial charge on any atom is 0.0631 e. The molecule has 0 saturated heterocycles. The van der Waals surface area contributed by atoms with Crippen molar-refractivity contribution in [2.45, 2.75) is 111 Å². The molecular weight excluding hydrogens is 316 g/mol. The molecule has 0 unspecified atom stereocenters. The van der Waals surface area contributed by atoms with Crippen LogP contribution in [0, 0.1) is 10.8 Å². The molecule has 0 aromatic rings. The lowest BCUT2D eigenvalue weighted by Crippen LogP contribution is -2.36. The van der Waals surface area contributed by atoms with E-state index in [1.54, 1.807) is 0 Å². The number of hydrogen-bond donors (Lipinski definition) is 1. The predicted octanol–water partition coefficient (Wildman–Crippen LogP) is 6.31. The van der Waals surface area contributed by atoms with E-state index in [-0.39, 0.29) is 11.0 Å². The van der Waals surface area contributed by atoms with Crippen LogP contribution >= 0.6 is 11.8 Å². The van der Waals surface area contributed by atoms with Crippen LogP contribution in [0.5, 0.6) is 0 Å². The lowest BCUT2D eigenvalue weighted by atomic mass is 9.71. The van der Waals surface area contributed by atoms with Crippen molar-refractivity contribution < 1.29 is 9.84 Å². The second-order valence-corrected chi connectivity index (χ2v) is 13.1. The Morgan fingerprint density at radius 1 is 0.750 bits per heavy atom. The van der Waals surface area contributed by atoms with E-state index in [4.69, 9.17) is 4.74 Å². The van der Waals surface area contributed by atoms with Gasteiger partial charge in [-0.3, -0.25) is 0 Å². The first kappa shape index (κ1) is 24.3. The summed E-state index contributed by atoms with van der Waals surface area (Å²) in [6, 6.07) is 0. The van der Waals surface area contributed by atoms with Gasteiger partial charge in [-0.1, -0.05) is 48.5 Å². The van der Waals surface area contributed by atoms with Crippen molar-refractivity contribution in [1.29, 1.82) is 0 Å². The summed E-state index contributed by atoms with van der Waals surface area (Å²) in [7, 11) is 0. The van der Waals surface area contributed by atoms with Gasteiger partial charge >= 0.3 is 0 Å². The molecule has 0 aliphatic heterocycles. The monoisotopic (exact) mass is 360 g/mol. The lowest BCUT2D eigenvalue weighted by Gasteiger charge is -2.41. The number of hydrogen-bond acceptors (Lipinski definition) is 3. The minimum absolute atomic E-state index is 0.165. The Hall–Kier alpha value is 0.270. The van der Waals surface area contributed by atoms with Crippen LogP contribution in [0.15, 0.2) is 0 Å². The van der Waals surface area contributed by atoms with Crippen molar-refractivity contribution in [3.63, 3.8) is 0 Å². The van der Waals surface area contributed by atoms with Crippen LogP contribution in [0.2, 0.25) is 0 Å². The molecular formula is C21H44O2S. The highest BCUT2D eigenvalue weighted by Gasteiger charge is 2.35. The molecule has 1 N–H and O–H groups in total. The Morgan fingerprint density at radius 2 is 1.25 bits per heavy atom. The zero-order chi connectivity index (χ0) is 19.4. The van der Waals surface area contributed by atoms with Gasteiger partial charge in [0.25, 0.3) is 0 Å². The summed E-state index contributed by atoms with van der Waals surface area (Å²) in [5.74, 6) is 1.18. The first-order chi connectivity index (χ1) is 10.3. The molecule has 0 aromatic carbocycles. The maximum atomic E-state index is 9.84. The molecule has 0 saturated carbocycles. The van der Waals surface area contributed by atoms with Crippen LogP contribution < -0.4 is 0 Å². The lowest BCUT2D eigenvalue weighted by molar-refractivity contribution is -0.0698. The summed E-state index contributed by atoms with van der Waals surface area (Å²) in [6.07, 6.45) is 2.88. The molecule has 0 rings (SSSR count). The van der Waals surface area contributed by atoms with E-state index in [0.29, 0.717) is 23.2 Å². The molecule has 0 amide bonds. The van der Waals surface area contributed by atoms with Crippen LogP contribution in [0.3, 0.4) is 0 Å². The van der Waals surface area contributed by atoms with Crippen LogP contribution in [-0.2, 0) is 4.74 Å². The van der Waals surface area contributed by atoms with Crippen molar-refractivity contribution in [1.82, 2.24) is 0 Å². The van der Waals surface area contributed by atoms with Crippen molar-refractivity contribution in [2.24, 2.45) is 10.8 Å². The summed E-state index contributed by atoms with van der Waals surface area (Å²) in [5, 5.41) is 9.84. The summed E-state index contributed by atoms with van der Waals surface area (Å²) < 4.78 is 6.43. The van der Waals surface area contributed by atoms with Crippen LogP contribution in [0.25, 0.3) is 0 Å². The Bertz CT molecular complexity index is 370. The largest absolute Gasteiger partial charge is 0.390 e. The van der Waals surface area contributed by atoms with Crippen molar-refractivity contribution in [3.05, 3.63) is 0 Å². The Balaban J connectivity index is 4.59. The van der Waals surface area contributed by atoms with Crippen molar-refractivity contribution in [2.75, 3.05) is 12.4 Å². The van der Waals surface area contributed by atoms with Gasteiger partial charge in [0.05, 0.1) is 17.8 Å². The third kappa shape index (κ3) is 13.5. The summed E-state index contributed by atoms with van der Waals surface area (Å²) in [5.41, 5.74) is -0.287. The SMILES string of the molecule is CC(C)(O)CCOC(C)(C)CC(C)(C)CC(C)(C)CSC(C)(C)C. The van der Waals surface area contributed by atoms with Crippen molar-refractivity contribution in [3.8, 4) is 0 Å². The first-order valence-corrected chi connectivity index (χ1v) is 10.3. The van der Waals surface area contributed by atoms with Crippen LogP contribution in [0.4, 0.5) is 0 Å². The quantitative estimate of drug-likeness (QED) is 0.495. The molecule has 24 heavy (non-hydrogen) atoms. The standard InChI is InChI=1S/C21H44O2S/c1-17(2,3)24-16-19(6,7)14-18(4,5)15-21(10,11)23-13-12-20(8,9)22/h22H,12-16H2,1-11H3. The third-order valence-corrected chi connectivity index (χ3v) is 5.76. The third-order valence-electron chi connectivity index (χ3n) is 3.96. The van der Waals surface area contributed by atoms with Crippen LogP contribution in [-0.4, -0.2) is 33.4 Å². The molecule has 0 fully saturated rings. The first-order valence-electron chi connectivity index (χ1n) is 9.33. The Kier molecular flexibility index (Phi) is 8.40. The van der Waals surface area contributed by atoms with Gasteiger partial charge in [-0.05, 0) is 63.5 Å². The number of aliphatic hydroxyl groups is 1. The van der Waals surface area contributed by atoms with Gasteiger partial charge in [0.15, 0.2) is 0 Å². The van der Waals surface area contributed by atoms with Crippen LogP contribution in [0.1, 0.15) is 95.4 Å². The van der Waals surface area contributed by atoms with Gasteiger partial charge in [-0.2, -0.15) is 11.8 Å². The van der Waals surface area contributed by atoms with E-state index in [1.807, 2.05) is 13.8 Å². The number of ether oxygens (including phenoxy) is 1. The molecule has 0 radical (unpaired) electrons. The van der Waals surface area contributed by atoms with E-state index in [0.717, 1.165) is 6.42 Å². The minimum Gasteiger partial charge on any atom is -0.390 e. The molecule has 3 heteroatoms. The molecule has 0 aromatic heterocycles. The van der Waals surface area contributed by atoms with Gasteiger partial charge in [0.2, 0.25) is 0 Å². The fraction of sp³-hybridized carbons (Fsp3) is 1.00. The molecule has 0 atom stereocenters. The van der Waals surface area contributed by atoms with Gasteiger partial charge in [-0.25, -0.2) is 0 Å². The second kappa shape index (κ2) is 8.31. The highest BCUT2D eigenvalue weighted by atomic mass is 32.2. The minimum atomic E-state index is -0.655. The van der Waals surface area contributed by atoms with Gasteiger partial charge in [0, 0.05) is 4.75 Å². The van der Waals surface area contributed by atoms with Gasteiger partial charge in [-0.15, -0.1) is 0 Å². The van der Waals surface area contributed by atoms with E-state index >= 15 is 0 Å². The molecule has 0 spiro atoms. The topological polar surface area (TPSA) is 29.5 Å². The summed E-state index contributed by atoms with van der Waals surface area (Å²) in [6.45, 7) is 25.0. The van der Waals surface area contributed by atoms with Crippen molar-refractivity contribution >= 4 is 11.8 Å². The van der Waals surface area contributed by atoms with Gasteiger partial charge in [0.1, 0.15) is 0 Å².